The number of sulfonamides is 1. The van der Waals surface area contributed by atoms with Crippen LogP contribution in [0.3, 0.4) is 0 Å². The molecule has 0 saturated carbocycles. The van der Waals surface area contributed by atoms with Crippen LogP contribution in [0.4, 0.5) is 0 Å². The lowest BCUT2D eigenvalue weighted by atomic mass is 10.1. The van der Waals surface area contributed by atoms with Gasteiger partial charge in [-0.2, -0.15) is 9.57 Å². The molecule has 27 heavy (non-hydrogen) atoms. The predicted octanol–water partition coefficient (Wildman–Crippen LogP) is 0.762. The number of hydrogen-bond donors (Lipinski definition) is 0. The van der Waals surface area contributed by atoms with Gasteiger partial charge in [0, 0.05) is 33.2 Å². The SMILES string of the molecule is COc1ccc(S(=O)(=O)N2CCN(CC(=O)N(C)C(C)(C)C#N)CC2)cc1. The number of carbonyl (C=O) groups is 1. The standard InChI is InChI=1S/C18H26N4O4S/c1-18(2,14-19)20(3)17(23)13-21-9-11-22(12-10-21)27(24,25)16-7-5-15(26-4)6-8-16/h5-8H,9-13H2,1-4H3. The number of benzene rings is 1. The van der Waals surface area contributed by atoms with E-state index in [9.17, 15) is 13.2 Å². The fourth-order valence-electron chi connectivity index (χ4n) is 2.71. The van der Waals surface area contributed by atoms with Gasteiger partial charge in [0.15, 0.2) is 0 Å². The zero-order valence-electron chi connectivity index (χ0n) is 16.2. The molecule has 1 aliphatic rings. The summed E-state index contributed by atoms with van der Waals surface area (Å²) in [6.45, 7) is 5.08. The van der Waals surface area contributed by atoms with E-state index in [0.717, 1.165) is 0 Å². The summed E-state index contributed by atoms with van der Waals surface area (Å²) < 4.78 is 32.0. The molecule has 2 rings (SSSR count). The first kappa shape index (κ1) is 21.2. The molecular formula is C18H26N4O4S. The smallest absolute Gasteiger partial charge is 0.243 e. The molecule has 1 aliphatic heterocycles. The van der Waals surface area contributed by atoms with E-state index in [2.05, 4.69) is 6.07 Å². The topological polar surface area (TPSA) is 94.0 Å². The fraction of sp³-hybridized carbons (Fsp3) is 0.556. The van der Waals surface area contributed by atoms with Crippen molar-refractivity contribution in [2.24, 2.45) is 0 Å². The van der Waals surface area contributed by atoms with Crippen LogP contribution in [0.2, 0.25) is 0 Å². The molecule has 148 valence electrons. The van der Waals surface area contributed by atoms with Gasteiger partial charge in [0.25, 0.3) is 0 Å². The minimum absolute atomic E-state index is 0.159. The number of nitrogens with zero attached hydrogens (tertiary/aromatic N) is 4. The molecule has 0 unspecified atom stereocenters. The Morgan fingerprint density at radius 1 is 1.22 bits per heavy atom. The summed E-state index contributed by atoms with van der Waals surface area (Å²) in [5, 5.41) is 9.15. The molecule has 0 spiro atoms. The number of piperazine rings is 1. The molecule has 1 aromatic rings. The molecule has 1 fully saturated rings. The maximum absolute atomic E-state index is 12.7. The van der Waals surface area contributed by atoms with Gasteiger partial charge in [0.05, 0.1) is 24.6 Å². The molecule has 0 N–H and O–H groups in total. The van der Waals surface area contributed by atoms with Crippen LogP contribution in [0, 0.1) is 11.3 Å². The van der Waals surface area contributed by atoms with Crippen LogP contribution >= 0.6 is 0 Å². The van der Waals surface area contributed by atoms with Gasteiger partial charge in [0.2, 0.25) is 15.9 Å². The monoisotopic (exact) mass is 394 g/mol. The summed E-state index contributed by atoms with van der Waals surface area (Å²) in [4.78, 5) is 15.9. The second kappa shape index (κ2) is 8.25. The molecular weight excluding hydrogens is 368 g/mol. The number of methoxy groups -OCH3 is 1. The van der Waals surface area contributed by atoms with Gasteiger partial charge in [-0.25, -0.2) is 8.42 Å². The highest BCUT2D eigenvalue weighted by Gasteiger charge is 2.32. The van der Waals surface area contributed by atoms with Crippen LogP contribution in [-0.4, -0.2) is 80.9 Å². The number of carbonyl (C=O) groups excluding carboxylic acids is 1. The molecule has 0 aliphatic carbocycles. The Morgan fingerprint density at radius 3 is 2.26 bits per heavy atom. The van der Waals surface area contributed by atoms with E-state index >= 15 is 0 Å². The lowest BCUT2D eigenvalue weighted by molar-refractivity contribution is -0.134. The largest absolute Gasteiger partial charge is 0.497 e. The van der Waals surface area contributed by atoms with Gasteiger partial charge in [0.1, 0.15) is 11.3 Å². The van der Waals surface area contributed by atoms with E-state index in [-0.39, 0.29) is 17.3 Å². The van der Waals surface area contributed by atoms with E-state index in [1.807, 2.05) is 4.90 Å². The van der Waals surface area contributed by atoms with Gasteiger partial charge in [-0.1, -0.05) is 0 Å². The third-order valence-electron chi connectivity index (χ3n) is 4.87. The molecule has 1 saturated heterocycles. The quantitative estimate of drug-likeness (QED) is 0.707. The Kier molecular flexibility index (Phi) is 6.46. The van der Waals surface area contributed by atoms with E-state index < -0.39 is 15.6 Å². The average molecular weight is 394 g/mol. The van der Waals surface area contributed by atoms with Crippen molar-refractivity contribution in [1.29, 1.82) is 5.26 Å². The van der Waals surface area contributed by atoms with Gasteiger partial charge >= 0.3 is 0 Å². The van der Waals surface area contributed by atoms with E-state index in [1.54, 1.807) is 33.0 Å². The van der Waals surface area contributed by atoms with Crippen molar-refractivity contribution in [3.8, 4) is 11.8 Å². The highest BCUT2D eigenvalue weighted by molar-refractivity contribution is 7.89. The van der Waals surface area contributed by atoms with Crippen LogP contribution in [0.1, 0.15) is 13.8 Å². The van der Waals surface area contributed by atoms with Crippen molar-refractivity contribution >= 4 is 15.9 Å². The van der Waals surface area contributed by atoms with Gasteiger partial charge in [-0.05, 0) is 38.1 Å². The number of nitriles is 1. The first-order chi connectivity index (χ1) is 12.6. The first-order valence-electron chi connectivity index (χ1n) is 8.66. The summed E-state index contributed by atoms with van der Waals surface area (Å²) in [5.41, 5.74) is -0.878. The normalized spacial score (nSPS) is 16.6. The first-order valence-corrected chi connectivity index (χ1v) is 10.1. The highest BCUT2D eigenvalue weighted by Crippen LogP contribution is 2.21. The summed E-state index contributed by atoms with van der Waals surface area (Å²) >= 11 is 0. The number of hydrogen-bond acceptors (Lipinski definition) is 6. The van der Waals surface area contributed by atoms with Gasteiger partial charge in [-0.3, -0.25) is 9.69 Å². The van der Waals surface area contributed by atoms with Crippen LogP contribution < -0.4 is 4.74 Å². The zero-order chi connectivity index (χ0) is 20.2. The molecule has 1 heterocycles. The summed E-state index contributed by atoms with van der Waals surface area (Å²) in [7, 11) is -0.436. The average Bonchev–Trinajstić information content (AvgIpc) is 2.67. The third kappa shape index (κ3) is 4.77. The van der Waals surface area contributed by atoms with Crippen LogP contribution in [-0.2, 0) is 14.8 Å². The Balaban J connectivity index is 1.96. The zero-order valence-corrected chi connectivity index (χ0v) is 17.0. The molecule has 0 bridgehead atoms. The number of rotatable bonds is 6. The van der Waals surface area contributed by atoms with Crippen molar-refractivity contribution in [3.63, 3.8) is 0 Å². The van der Waals surface area contributed by atoms with E-state index in [1.165, 1.54) is 28.4 Å². The number of amides is 1. The summed E-state index contributed by atoms with van der Waals surface area (Å²) in [6.07, 6.45) is 0. The molecule has 0 aromatic heterocycles. The molecule has 0 radical (unpaired) electrons. The minimum Gasteiger partial charge on any atom is -0.497 e. The Hall–Kier alpha value is -2.15. The maximum atomic E-state index is 12.7. The Morgan fingerprint density at radius 2 is 1.78 bits per heavy atom. The lowest BCUT2D eigenvalue weighted by Gasteiger charge is -2.36. The Labute approximate surface area is 161 Å². The van der Waals surface area contributed by atoms with Crippen LogP contribution in [0.5, 0.6) is 5.75 Å². The van der Waals surface area contributed by atoms with Gasteiger partial charge < -0.3 is 9.64 Å². The minimum atomic E-state index is -3.57. The summed E-state index contributed by atoms with van der Waals surface area (Å²) in [5.74, 6) is 0.440. The van der Waals surface area contributed by atoms with E-state index in [4.69, 9.17) is 10.00 Å². The molecule has 1 amide bonds. The summed E-state index contributed by atoms with van der Waals surface area (Å²) in [6, 6.07) is 8.40. The van der Waals surface area contributed by atoms with Crippen LogP contribution in [0.25, 0.3) is 0 Å². The van der Waals surface area contributed by atoms with Crippen molar-refractivity contribution in [2.45, 2.75) is 24.3 Å². The lowest BCUT2D eigenvalue weighted by Crippen LogP contribution is -2.53. The molecule has 9 heteroatoms. The van der Waals surface area contributed by atoms with Crippen molar-refractivity contribution < 1.29 is 17.9 Å². The number of likely N-dealkylation sites (N-methyl/N-ethyl adjacent to an activating group) is 1. The van der Waals surface area contributed by atoms with Crippen molar-refractivity contribution in [2.75, 3.05) is 46.9 Å². The van der Waals surface area contributed by atoms with Crippen molar-refractivity contribution in [3.05, 3.63) is 24.3 Å². The molecule has 1 aromatic carbocycles. The van der Waals surface area contributed by atoms with Crippen molar-refractivity contribution in [1.82, 2.24) is 14.1 Å². The second-order valence-corrected chi connectivity index (χ2v) is 8.92. The van der Waals surface area contributed by atoms with E-state index in [0.29, 0.717) is 31.9 Å². The predicted molar refractivity (Wildman–Crippen MR) is 101 cm³/mol. The third-order valence-corrected chi connectivity index (χ3v) is 6.79. The Bertz CT molecular complexity index is 807. The number of ether oxygens (including phenoxy) is 1. The van der Waals surface area contributed by atoms with Gasteiger partial charge in [-0.15, -0.1) is 0 Å². The maximum Gasteiger partial charge on any atom is 0.243 e. The van der Waals surface area contributed by atoms with Crippen LogP contribution in [0.15, 0.2) is 29.2 Å². The highest BCUT2D eigenvalue weighted by atomic mass is 32.2. The molecule has 8 nitrogen and oxygen atoms in total. The second-order valence-electron chi connectivity index (χ2n) is 6.98. The fourth-order valence-corrected chi connectivity index (χ4v) is 4.13. The molecule has 0 atom stereocenters.